The maximum atomic E-state index is 12.2. The standard InChI is InChI=1S/C14H21N3O2/c1-13(2,11-5-3-4-6-16-11)8-17-12(18)14(7-15)9-19-10-14/h3-6H,7-10,15H2,1-2H3,(H,17,18). The molecule has 3 N–H and O–H groups in total. The Balaban J connectivity index is 1.96. The lowest BCUT2D eigenvalue weighted by Crippen LogP contribution is -2.59. The van der Waals surface area contributed by atoms with E-state index in [0.29, 0.717) is 26.3 Å². The van der Waals surface area contributed by atoms with Gasteiger partial charge in [0, 0.05) is 30.4 Å². The van der Waals surface area contributed by atoms with Gasteiger partial charge in [0.15, 0.2) is 0 Å². The molecule has 1 amide bonds. The first-order chi connectivity index (χ1) is 9.00. The fraction of sp³-hybridized carbons (Fsp3) is 0.571. The van der Waals surface area contributed by atoms with E-state index in [1.54, 1.807) is 6.20 Å². The van der Waals surface area contributed by atoms with Crippen LogP contribution >= 0.6 is 0 Å². The fourth-order valence-corrected chi connectivity index (χ4v) is 2.03. The van der Waals surface area contributed by atoms with E-state index in [0.717, 1.165) is 5.69 Å². The molecule has 0 radical (unpaired) electrons. The largest absolute Gasteiger partial charge is 0.379 e. The predicted molar refractivity (Wildman–Crippen MR) is 72.6 cm³/mol. The number of amides is 1. The number of pyridine rings is 1. The van der Waals surface area contributed by atoms with Crippen LogP contribution in [0.2, 0.25) is 0 Å². The van der Waals surface area contributed by atoms with Crippen molar-refractivity contribution >= 4 is 5.91 Å². The highest BCUT2D eigenvalue weighted by molar-refractivity contribution is 5.84. The lowest BCUT2D eigenvalue weighted by Gasteiger charge is -2.39. The summed E-state index contributed by atoms with van der Waals surface area (Å²) in [5.74, 6) is -0.0229. The van der Waals surface area contributed by atoms with Gasteiger partial charge in [0.05, 0.1) is 13.2 Å². The summed E-state index contributed by atoms with van der Waals surface area (Å²) in [6.45, 7) is 5.80. The zero-order chi connectivity index (χ0) is 13.9. The summed E-state index contributed by atoms with van der Waals surface area (Å²) in [5.41, 5.74) is 5.89. The van der Waals surface area contributed by atoms with Crippen LogP contribution in [0.1, 0.15) is 19.5 Å². The molecule has 1 fully saturated rings. The maximum Gasteiger partial charge on any atom is 0.232 e. The van der Waals surface area contributed by atoms with Crippen LogP contribution in [0.3, 0.4) is 0 Å². The molecule has 2 heterocycles. The van der Waals surface area contributed by atoms with E-state index in [4.69, 9.17) is 10.5 Å². The number of nitrogens with one attached hydrogen (secondary N) is 1. The number of carbonyl (C=O) groups excluding carboxylic acids is 1. The molecule has 1 aliphatic rings. The van der Waals surface area contributed by atoms with Gasteiger partial charge in [0.2, 0.25) is 5.91 Å². The Labute approximate surface area is 113 Å². The molecule has 0 aromatic carbocycles. The minimum atomic E-state index is -0.528. The van der Waals surface area contributed by atoms with Crippen LogP contribution in [0.5, 0.6) is 0 Å². The summed E-state index contributed by atoms with van der Waals surface area (Å²) in [5, 5.41) is 2.98. The van der Waals surface area contributed by atoms with Gasteiger partial charge in [-0.15, -0.1) is 0 Å². The second-order valence-electron chi connectivity index (χ2n) is 5.76. The van der Waals surface area contributed by atoms with Crippen molar-refractivity contribution in [3.05, 3.63) is 30.1 Å². The van der Waals surface area contributed by atoms with Crippen molar-refractivity contribution in [1.82, 2.24) is 10.3 Å². The third-order valence-electron chi connectivity index (χ3n) is 3.68. The average Bonchev–Trinajstić information content (AvgIpc) is 2.37. The third kappa shape index (κ3) is 2.77. The van der Waals surface area contributed by atoms with E-state index >= 15 is 0 Å². The van der Waals surface area contributed by atoms with Gasteiger partial charge < -0.3 is 15.8 Å². The van der Waals surface area contributed by atoms with Crippen LogP contribution in [0.15, 0.2) is 24.4 Å². The number of nitrogens with two attached hydrogens (primary N) is 1. The van der Waals surface area contributed by atoms with Crippen molar-refractivity contribution in [3.63, 3.8) is 0 Å². The molecule has 104 valence electrons. The summed E-state index contributed by atoms with van der Waals surface area (Å²) in [7, 11) is 0. The predicted octanol–water partition coefficient (Wildman–Crippen LogP) is 0.451. The molecular formula is C14H21N3O2. The molecule has 0 atom stereocenters. The molecule has 2 rings (SSSR count). The van der Waals surface area contributed by atoms with Crippen molar-refractivity contribution in [2.75, 3.05) is 26.3 Å². The molecule has 1 saturated heterocycles. The number of rotatable bonds is 5. The topological polar surface area (TPSA) is 77.2 Å². The molecule has 0 aliphatic carbocycles. The zero-order valence-electron chi connectivity index (χ0n) is 11.5. The zero-order valence-corrected chi connectivity index (χ0v) is 11.5. The van der Waals surface area contributed by atoms with Crippen molar-refractivity contribution in [2.45, 2.75) is 19.3 Å². The number of aromatic nitrogens is 1. The maximum absolute atomic E-state index is 12.2. The molecule has 0 spiro atoms. The van der Waals surface area contributed by atoms with Gasteiger partial charge in [-0.2, -0.15) is 0 Å². The van der Waals surface area contributed by atoms with Crippen LogP contribution in [-0.2, 0) is 14.9 Å². The number of ether oxygens (including phenoxy) is 1. The van der Waals surface area contributed by atoms with E-state index in [1.165, 1.54) is 0 Å². The van der Waals surface area contributed by atoms with Gasteiger partial charge in [0.25, 0.3) is 0 Å². The molecule has 0 unspecified atom stereocenters. The van der Waals surface area contributed by atoms with Gasteiger partial charge in [-0.05, 0) is 12.1 Å². The Kier molecular flexibility index (Phi) is 3.87. The fourth-order valence-electron chi connectivity index (χ4n) is 2.03. The normalized spacial score (nSPS) is 17.6. The van der Waals surface area contributed by atoms with Crippen molar-refractivity contribution < 1.29 is 9.53 Å². The van der Waals surface area contributed by atoms with Crippen molar-refractivity contribution in [2.24, 2.45) is 11.1 Å². The highest BCUT2D eigenvalue weighted by Crippen LogP contribution is 2.27. The van der Waals surface area contributed by atoms with Gasteiger partial charge >= 0.3 is 0 Å². The van der Waals surface area contributed by atoms with Gasteiger partial charge in [-0.1, -0.05) is 19.9 Å². The van der Waals surface area contributed by atoms with E-state index in [2.05, 4.69) is 24.1 Å². The number of hydrogen-bond donors (Lipinski definition) is 2. The molecule has 1 aromatic heterocycles. The number of carbonyl (C=O) groups is 1. The molecule has 0 bridgehead atoms. The van der Waals surface area contributed by atoms with Crippen LogP contribution in [0.4, 0.5) is 0 Å². The number of nitrogens with zero attached hydrogens (tertiary/aromatic N) is 1. The average molecular weight is 263 g/mol. The van der Waals surface area contributed by atoms with Crippen LogP contribution < -0.4 is 11.1 Å². The Morgan fingerprint density at radius 2 is 2.26 bits per heavy atom. The smallest absolute Gasteiger partial charge is 0.232 e. The summed E-state index contributed by atoms with van der Waals surface area (Å²) in [6, 6.07) is 5.80. The molecule has 5 heteroatoms. The first-order valence-electron chi connectivity index (χ1n) is 6.48. The van der Waals surface area contributed by atoms with Crippen LogP contribution in [0, 0.1) is 5.41 Å². The van der Waals surface area contributed by atoms with Crippen LogP contribution in [-0.4, -0.2) is 37.2 Å². The number of hydrogen-bond acceptors (Lipinski definition) is 4. The SMILES string of the molecule is CC(C)(CNC(=O)C1(CN)COC1)c1ccccn1. The highest BCUT2D eigenvalue weighted by Gasteiger charge is 2.45. The molecule has 0 saturated carbocycles. The Hall–Kier alpha value is -1.46. The lowest BCUT2D eigenvalue weighted by atomic mass is 9.83. The van der Waals surface area contributed by atoms with E-state index in [9.17, 15) is 4.79 Å². The molecular weight excluding hydrogens is 242 g/mol. The quantitative estimate of drug-likeness (QED) is 0.808. The summed E-state index contributed by atoms with van der Waals surface area (Å²) < 4.78 is 5.11. The molecule has 1 aliphatic heterocycles. The van der Waals surface area contributed by atoms with Gasteiger partial charge in [0.1, 0.15) is 5.41 Å². The third-order valence-corrected chi connectivity index (χ3v) is 3.68. The van der Waals surface area contributed by atoms with E-state index in [1.807, 2.05) is 18.2 Å². The van der Waals surface area contributed by atoms with Gasteiger partial charge in [-0.3, -0.25) is 9.78 Å². The summed E-state index contributed by atoms with van der Waals surface area (Å²) in [4.78, 5) is 16.5. The first-order valence-corrected chi connectivity index (χ1v) is 6.48. The second-order valence-corrected chi connectivity index (χ2v) is 5.76. The van der Waals surface area contributed by atoms with Crippen molar-refractivity contribution in [1.29, 1.82) is 0 Å². The highest BCUT2D eigenvalue weighted by atomic mass is 16.5. The second kappa shape index (κ2) is 5.27. The Morgan fingerprint density at radius 3 is 2.74 bits per heavy atom. The van der Waals surface area contributed by atoms with E-state index < -0.39 is 5.41 Å². The first kappa shape index (κ1) is 14.0. The minimum Gasteiger partial charge on any atom is -0.379 e. The van der Waals surface area contributed by atoms with Gasteiger partial charge in [-0.25, -0.2) is 0 Å². The molecule has 1 aromatic rings. The minimum absolute atomic E-state index is 0.0229. The summed E-state index contributed by atoms with van der Waals surface area (Å²) >= 11 is 0. The Morgan fingerprint density at radius 1 is 1.53 bits per heavy atom. The molecule has 5 nitrogen and oxygen atoms in total. The van der Waals surface area contributed by atoms with Crippen LogP contribution in [0.25, 0.3) is 0 Å². The van der Waals surface area contributed by atoms with Crippen molar-refractivity contribution in [3.8, 4) is 0 Å². The summed E-state index contributed by atoms with van der Waals surface area (Å²) in [6.07, 6.45) is 1.76. The lowest BCUT2D eigenvalue weighted by molar-refractivity contribution is -0.159. The Bertz CT molecular complexity index is 436. The van der Waals surface area contributed by atoms with E-state index in [-0.39, 0.29) is 11.3 Å². The monoisotopic (exact) mass is 263 g/mol. The molecule has 19 heavy (non-hydrogen) atoms.